The molecule has 0 saturated heterocycles. The highest BCUT2D eigenvalue weighted by atomic mass is 32.2. The van der Waals surface area contributed by atoms with E-state index in [1.807, 2.05) is 6.92 Å². The number of anilines is 2. The van der Waals surface area contributed by atoms with Crippen molar-refractivity contribution in [2.24, 2.45) is 0 Å². The van der Waals surface area contributed by atoms with E-state index in [-0.39, 0.29) is 11.6 Å². The molecule has 0 saturated carbocycles. The van der Waals surface area contributed by atoms with Gasteiger partial charge in [0.15, 0.2) is 0 Å². The topological polar surface area (TPSA) is 67.4 Å². The minimum atomic E-state index is -4.49. The van der Waals surface area contributed by atoms with Crippen molar-refractivity contribution in [1.29, 1.82) is 0 Å². The molecule has 1 unspecified atom stereocenters. The fourth-order valence-corrected chi connectivity index (χ4v) is 4.09. The lowest BCUT2D eigenvalue weighted by atomic mass is 10.2. The number of thioether (sulfide) groups is 1. The van der Waals surface area contributed by atoms with Crippen LogP contribution in [0, 0.1) is 0 Å². The highest BCUT2D eigenvalue weighted by Crippen LogP contribution is 2.32. The van der Waals surface area contributed by atoms with Crippen LogP contribution in [0.4, 0.5) is 24.5 Å². The van der Waals surface area contributed by atoms with Gasteiger partial charge in [0, 0.05) is 21.8 Å². The zero-order valence-corrected chi connectivity index (χ0v) is 19.3. The number of methoxy groups -OCH3 is 1. The molecule has 9 heteroatoms. The predicted molar refractivity (Wildman–Crippen MR) is 127 cm³/mol. The van der Waals surface area contributed by atoms with Crippen molar-refractivity contribution in [2.75, 3.05) is 17.7 Å². The molecule has 3 aromatic carbocycles. The summed E-state index contributed by atoms with van der Waals surface area (Å²) in [7, 11) is 1.54. The van der Waals surface area contributed by atoms with Gasteiger partial charge in [0.05, 0.1) is 17.9 Å². The molecule has 0 bridgehead atoms. The predicted octanol–water partition coefficient (Wildman–Crippen LogP) is 6.48. The molecule has 1 atom stereocenters. The lowest BCUT2D eigenvalue weighted by Crippen LogP contribution is -2.24. The van der Waals surface area contributed by atoms with Gasteiger partial charge in [0.1, 0.15) is 5.75 Å². The van der Waals surface area contributed by atoms with Crippen LogP contribution in [-0.4, -0.2) is 24.2 Å². The molecule has 0 aliphatic carbocycles. The third-order valence-electron chi connectivity index (χ3n) is 4.84. The second-order valence-corrected chi connectivity index (χ2v) is 8.57. The van der Waals surface area contributed by atoms with Crippen LogP contribution in [0.2, 0.25) is 0 Å². The lowest BCUT2D eigenvalue weighted by molar-refractivity contribution is -0.137. The van der Waals surface area contributed by atoms with Crippen molar-refractivity contribution >= 4 is 35.0 Å². The van der Waals surface area contributed by atoms with Gasteiger partial charge in [-0.1, -0.05) is 19.1 Å². The van der Waals surface area contributed by atoms with Crippen molar-refractivity contribution in [3.63, 3.8) is 0 Å². The van der Waals surface area contributed by atoms with Gasteiger partial charge in [-0.25, -0.2) is 0 Å². The number of hydrogen-bond donors (Lipinski definition) is 2. The van der Waals surface area contributed by atoms with E-state index in [2.05, 4.69) is 10.6 Å². The van der Waals surface area contributed by atoms with Crippen LogP contribution >= 0.6 is 11.8 Å². The van der Waals surface area contributed by atoms with Crippen molar-refractivity contribution in [3.05, 3.63) is 83.9 Å². The van der Waals surface area contributed by atoms with E-state index in [1.54, 1.807) is 55.6 Å². The molecule has 178 valence electrons. The van der Waals surface area contributed by atoms with Gasteiger partial charge in [0.25, 0.3) is 5.91 Å². The number of amides is 2. The summed E-state index contributed by atoms with van der Waals surface area (Å²) < 4.78 is 43.9. The Morgan fingerprint density at radius 1 is 0.941 bits per heavy atom. The smallest absolute Gasteiger partial charge is 0.416 e. The first-order valence-electron chi connectivity index (χ1n) is 10.4. The van der Waals surface area contributed by atoms with E-state index in [4.69, 9.17) is 4.74 Å². The summed E-state index contributed by atoms with van der Waals surface area (Å²) in [5, 5.41) is 4.84. The minimum Gasteiger partial charge on any atom is -0.497 e. The number of carbonyl (C=O) groups excluding carboxylic acids is 2. The summed E-state index contributed by atoms with van der Waals surface area (Å²) in [6.07, 6.45) is -4.03. The van der Waals surface area contributed by atoms with Crippen molar-refractivity contribution in [2.45, 2.75) is 29.7 Å². The minimum absolute atomic E-state index is 0.0828. The molecular weight excluding hydrogens is 465 g/mol. The van der Waals surface area contributed by atoms with Crippen LogP contribution in [0.5, 0.6) is 5.75 Å². The van der Waals surface area contributed by atoms with Crippen LogP contribution in [0.3, 0.4) is 0 Å². The van der Waals surface area contributed by atoms with E-state index < -0.39 is 22.9 Å². The van der Waals surface area contributed by atoms with Gasteiger partial charge in [-0.15, -0.1) is 11.8 Å². The number of halogens is 3. The van der Waals surface area contributed by atoms with Gasteiger partial charge in [0.2, 0.25) is 5.91 Å². The summed E-state index contributed by atoms with van der Waals surface area (Å²) >= 11 is 1.27. The number of alkyl halides is 3. The summed E-state index contributed by atoms with van der Waals surface area (Å²) in [5.74, 6) is -0.0532. The second-order valence-electron chi connectivity index (χ2n) is 7.29. The number of benzene rings is 3. The van der Waals surface area contributed by atoms with Crippen LogP contribution in [0.1, 0.15) is 29.3 Å². The molecule has 0 radical (unpaired) electrons. The van der Waals surface area contributed by atoms with Gasteiger partial charge >= 0.3 is 6.18 Å². The SMILES string of the molecule is CCC(Sc1cccc(NC(=O)c2ccc(OC)cc2)c1)C(=O)Nc1cccc(C(F)(F)F)c1. The molecule has 5 nitrogen and oxygen atoms in total. The normalized spacial score (nSPS) is 12.0. The number of rotatable bonds is 8. The second kappa shape index (κ2) is 11.1. The molecule has 3 aromatic rings. The molecule has 2 amide bonds. The van der Waals surface area contributed by atoms with Crippen LogP contribution in [-0.2, 0) is 11.0 Å². The average molecular weight is 489 g/mol. The van der Waals surface area contributed by atoms with E-state index in [0.717, 1.165) is 17.0 Å². The summed E-state index contributed by atoms with van der Waals surface area (Å²) in [6.45, 7) is 1.82. The molecule has 0 aromatic heterocycles. The summed E-state index contributed by atoms with van der Waals surface area (Å²) in [5.41, 5.74) is 0.274. The molecular formula is C25H23F3N2O3S. The third-order valence-corrected chi connectivity index (χ3v) is 6.20. The fraction of sp³-hybridized carbons (Fsp3) is 0.200. The van der Waals surface area contributed by atoms with E-state index in [9.17, 15) is 22.8 Å². The van der Waals surface area contributed by atoms with Crippen molar-refractivity contribution < 1.29 is 27.5 Å². The molecule has 0 aliphatic heterocycles. The molecule has 34 heavy (non-hydrogen) atoms. The lowest BCUT2D eigenvalue weighted by Gasteiger charge is -2.16. The quantitative estimate of drug-likeness (QED) is 0.357. The maximum absolute atomic E-state index is 12.9. The first-order valence-corrected chi connectivity index (χ1v) is 11.3. The molecule has 2 N–H and O–H groups in total. The zero-order valence-electron chi connectivity index (χ0n) is 18.5. The number of ether oxygens (including phenoxy) is 1. The Hall–Kier alpha value is -3.46. The Labute approximate surface area is 199 Å². The van der Waals surface area contributed by atoms with Gasteiger partial charge in [-0.05, 0) is 67.1 Å². The Balaban J connectivity index is 1.66. The maximum Gasteiger partial charge on any atom is 0.416 e. The highest BCUT2D eigenvalue weighted by Gasteiger charge is 2.30. The molecule has 0 spiro atoms. The molecule has 0 fully saturated rings. The van der Waals surface area contributed by atoms with E-state index >= 15 is 0 Å². The number of hydrogen-bond acceptors (Lipinski definition) is 4. The Bertz CT molecular complexity index is 1150. The van der Waals surface area contributed by atoms with Gasteiger partial charge in [-0.3, -0.25) is 9.59 Å². The maximum atomic E-state index is 12.9. The number of carbonyl (C=O) groups is 2. The summed E-state index contributed by atoms with van der Waals surface area (Å²) in [6, 6.07) is 18.2. The van der Waals surface area contributed by atoms with Gasteiger partial charge < -0.3 is 15.4 Å². The van der Waals surface area contributed by atoms with Crippen LogP contribution in [0.15, 0.2) is 77.7 Å². The van der Waals surface area contributed by atoms with E-state index in [1.165, 1.54) is 23.9 Å². The Morgan fingerprint density at radius 3 is 2.21 bits per heavy atom. The fourth-order valence-electron chi connectivity index (χ4n) is 3.08. The van der Waals surface area contributed by atoms with Crippen LogP contribution in [0.25, 0.3) is 0 Å². The first-order chi connectivity index (χ1) is 16.2. The van der Waals surface area contributed by atoms with Gasteiger partial charge in [-0.2, -0.15) is 13.2 Å². The molecule has 0 aliphatic rings. The largest absolute Gasteiger partial charge is 0.497 e. The first kappa shape index (κ1) is 25.2. The Morgan fingerprint density at radius 2 is 1.59 bits per heavy atom. The number of nitrogens with one attached hydrogen (secondary N) is 2. The average Bonchev–Trinajstić information content (AvgIpc) is 2.82. The molecule has 0 heterocycles. The summed E-state index contributed by atoms with van der Waals surface area (Å²) in [4.78, 5) is 26.0. The van der Waals surface area contributed by atoms with Crippen molar-refractivity contribution in [1.82, 2.24) is 0 Å². The monoisotopic (exact) mass is 488 g/mol. The zero-order chi connectivity index (χ0) is 24.7. The molecule has 3 rings (SSSR count). The Kier molecular flexibility index (Phi) is 8.22. The van der Waals surface area contributed by atoms with Crippen molar-refractivity contribution in [3.8, 4) is 5.75 Å². The van der Waals surface area contributed by atoms with E-state index in [0.29, 0.717) is 23.4 Å². The highest BCUT2D eigenvalue weighted by molar-refractivity contribution is 8.00. The third kappa shape index (κ3) is 6.77. The van der Waals surface area contributed by atoms with Crippen LogP contribution < -0.4 is 15.4 Å². The standard InChI is InChI=1S/C25H23F3N2O3S/c1-3-22(24(32)30-18-7-4-6-17(14-18)25(26,27)28)34-21-9-5-8-19(15-21)29-23(31)16-10-12-20(33-2)13-11-16/h4-15,22H,3H2,1-2H3,(H,29,31)(H,30,32).